The van der Waals surface area contributed by atoms with Gasteiger partial charge in [-0.05, 0) is 38.3 Å². The molecule has 3 heterocycles. The number of aryl methyl sites for hydroxylation is 2. The first kappa shape index (κ1) is 18.3. The van der Waals surface area contributed by atoms with E-state index in [9.17, 15) is 4.79 Å². The van der Waals surface area contributed by atoms with Gasteiger partial charge in [0, 0.05) is 25.1 Å². The summed E-state index contributed by atoms with van der Waals surface area (Å²) in [5.41, 5.74) is 2.44. The molecule has 2 aromatic heterocycles. The molecule has 1 aliphatic heterocycles. The Balaban J connectivity index is 1.39. The molecular formula is C20H24N6O2. The highest BCUT2D eigenvalue weighted by atomic mass is 16.5. The maximum Gasteiger partial charge on any atom is 0.280 e. The van der Waals surface area contributed by atoms with Gasteiger partial charge in [0.2, 0.25) is 0 Å². The summed E-state index contributed by atoms with van der Waals surface area (Å²) in [6.45, 7) is 5.48. The Bertz CT molecular complexity index is 955. The summed E-state index contributed by atoms with van der Waals surface area (Å²) >= 11 is 0. The van der Waals surface area contributed by atoms with Crippen molar-refractivity contribution in [3.05, 3.63) is 47.4 Å². The number of aromatic nitrogens is 5. The smallest absolute Gasteiger partial charge is 0.280 e. The van der Waals surface area contributed by atoms with Crippen LogP contribution in [0.3, 0.4) is 0 Å². The number of benzene rings is 1. The lowest BCUT2D eigenvalue weighted by atomic mass is 10.0. The van der Waals surface area contributed by atoms with Crippen LogP contribution >= 0.6 is 0 Å². The zero-order valence-electron chi connectivity index (χ0n) is 16.2. The normalized spacial score (nSPS) is 15.1. The molecule has 8 nitrogen and oxygen atoms in total. The molecule has 0 bridgehead atoms. The van der Waals surface area contributed by atoms with Gasteiger partial charge in [-0.3, -0.25) is 4.79 Å². The van der Waals surface area contributed by atoms with Gasteiger partial charge in [0.05, 0.1) is 12.2 Å². The number of hydrogen-bond donors (Lipinski definition) is 0. The largest absolute Gasteiger partial charge is 0.338 e. The Kier molecular flexibility index (Phi) is 5.18. The van der Waals surface area contributed by atoms with Crippen molar-refractivity contribution in [1.29, 1.82) is 0 Å². The maximum atomic E-state index is 12.7. The highest BCUT2D eigenvalue weighted by Crippen LogP contribution is 2.25. The van der Waals surface area contributed by atoms with E-state index in [-0.39, 0.29) is 11.9 Å². The predicted molar refractivity (Wildman–Crippen MR) is 103 cm³/mol. The molecule has 4 rings (SSSR count). The van der Waals surface area contributed by atoms with Crippen molar-refractivity contribution in [2.75, 3.05) is 13.1 Å². The summed E-state index contributed by atoms with van der Waals surface area (Å²) in [6, 6.07) is 7.95. The third-order valence-corrected chi connectivity index (χ3v) is 5.06. The van der Waals surface area contributed by atoms with Crippen LogP contribution in [0.5, 0.6) is 0 Å². The van der Waals surface area contributed by atoms with Crippen LogP contribution in [-0.4, -0.2) is 49.0 Å². The van der Waals surface area contributed by atoms with Crippen LogP contribution in [0.25, 0.3) is 11.6 Å². The Morgan fingerprint density at radius 3 is 2.86 bits per heavy atom. The average Bonchev–Trinajstić information content (AvgIpc) is 3.37. The molecule has 146 valence electrons. The second-order valence-corrected chi connectivity index (χ2v) is 7.24. The molecule has 0 aliphatic carbocycles. The Labute approximate surface area is 163 Å². The van der Waals surface area contributed by atoms with Gasteiger partial charge in [-0.2, -0.15) is 4.98 Å². The molecule has 28 heavy (non-hydrogen) atoms. The lowest BCUT2D eigenvalue weighted by molar-refractivity contribution is 0.0689. The number of amides is 1. The van der Waals surface area contributed by atoms with Gasteiger partial charge in [-0.15, -0.1) is 5.10 Å². The van der Waals surface area contributed by atoms with Crippen molar-refractivity contribution >= 4 is 5.91 Å². The first-order chi connectivity index (χ1) is 13.6. The van der Waals surface area contributed by atoms with Crippen molar-refractivity contribution < 1.29 is 9.32 Å². The molecule has 3 aromatic rings. The van der Waals surface area contributed by atoms with E-state index < -0.39 is 0 Å². The minimum Gasteiger partial charge on any atom is -0.338 e. The van der Waals surface area contributed by atoms with Crippen LogP contribution in [0.15, 0.2) is 35.0 Å². The van der Waals surface area contributed by atoms with Crippen LogP contribution < -0.4 is 0 Å². The number of piperidine rings is 1. The molecule has 0 radical (unpaired) electrons. The van der Waals surface area contributed by atoms with Gasteiger partial charge in [0.1, 0.15) is 0 Å². The lowest BCUT2D eigenvalue weighted by Gasteiger charge is -2.32. The van der Waals surface area contributed by atoms with E-state index in [1.165, 1.54) is 0 Å². The predicted octanol–water partition coefficient (Wildman–Crippen LogP) is 3.07. The summed E-state index contributed by atoms with van der Waals surface area (Å²) in [7, 11) is 0. The number of carbonyl (C=O) groups is 1. The van der Waals surface area contributed by atoms with Crippen LogP contribution in [-0.2, 0) is 6.42 Å². The second-order valence-electron chi connectivity index (χ2n) is 7.24. The van der Waals surface area contributed by atoms with Gasteiger partial charge in [-0.25, -0.2) is 4.68 Å². The van der Waals surface area contributed by atoms with Crippen LogP contribution in [0.1, 0.15) is 54.0 Å². The summed E-state index contributed by atoms with van der Waals surface area (Å²) < 4.78 is 7.14. The van der Waals surface area contributed by atoms with E-state index in [1.54, 1.807) is 0 Å². The third-order valence-electron chi connectivity index (χ3n) is 5.06. The molecule has 8 heteroatoms. The number of likely N-dealkylation sites (tertiary alicyclic amines) is 1. The van der Waals surface area contributed by atoms with Gasteiger partial charge in [0.25, 0.3) is 11.8 Å². The molecule has 1 aliphatic rings. The Hall–Kier alpha value is -3.03. The fourth-order valence-corrected chi connectivity index (χ4v) is 3.53. The van der Waals surface area contributed by atoms with E-state index in [1.807, 2.05) is 47.0 Å². The number of nitrogens with zero attached hydrogens (tertiary/aromatic N) is 6. The molecular weight excluding hydrogens is 356 g/mol. The van der Waals surface area contributed by atoms with E-state index in [2.05, 4.69) is 27.4 Å². The van der Waals surface area contributed by atoms with E-state index in [4.69, 9.17) is 4.52 Å². The molecule has 0 atom stereocenters. The van der Waals surface area contributed by atoms with Gasteiger partial charge < -0.3 is 9.42 Å². The zero-order chi connectivity index (χ0) is 19.5. The zero-order valence-corrected chi connectivity index (χ0v) is 16.2. The van der Waals surface area contributed by atoms with Crippen molar-refractivity contribution in [2.45, 2.75) is 45.6 Å². The topological polar surface area (TPSA) is 89.9 Å². The quantitative estimate of drug-likeness (QED) is 0.676. The summed E-state index contributed by atoms with van der Waals surface area (Å²) in [6.07, 6.45) is 5.28. The summed E-state index contributed by atoms with van der Waals surface area (Å²) in [4.78, 5) is 19.0. The fourth-order valence-electron chi connectivity index (χ4n) is 3.53. The number of rotatable bonds is 5. The van der Waals surface area contributed by atoms with E-state index >= 15 is 0 Å². The highest BCUT2D eigenvalue weighted by molar-refractivity contribution is 5.94. The first-order valence-electron chi connectivity index (χ1n) is 9.74. The van der Waals surface area contributed by atoms with Gasteiger partial charge >= 0.3 is 0 Å². The maximum absolute atomic E-state index is 12.7. The first-order valence-corrected chi connectivity index (χ1v) is 9.74. The molecule has 1 aromatic carbocycles. The molecule has 1 saturated heterocycles. The SMILES string of the molecule is CCCc1noc(-c2cn(C3CCN(C(=O)c4cccc(C)c4)CC3)nn2)n1. The monoisotopic (exact) mass is 380 g/mol. The standard InChI is InChI=1S/C20H24N6O2/c1-3-5-18-21-19(28-23-18)17-13-26(24-22-17)16-8-10-25(11-9-16)20(27)15-7-4-6-14(2)12-15/h4,6-7,12-13,16H,3,5,8-11H2,1-2H3. The van der Waals surface area contributed by atoms with Crippen molar-refractivity contribution in [1.82, 2.24) is 30.0 Å². The van der Waals surface area contributed by atoms with Crippen LogP contribution in [0, 0.1) is 6.92 Å². The Morgan fingerprint density at radius 2 is 2.11 bits per heavy atom. The second kappa shape index (κ2) is 7.92. The molecule has 1 amide bonds. The fraction of sp³-hybridized carbons (Fsp3) is 0.450. The molecule has 0 N–H and O–H groups in total. The number of carbonyl (C=O) groups excluding carboxylic acids is 1. The molecule has 0 spiro atoms. The minimum absolute atomic E-state index is 0.0933. The lowest BCUT2D eigenvalue weighted by Crippen LogP contribution is -2.39. The van der Waals surface area contributed by atoms with E-state index in [0.29, 0.717) is 30.5 Å². The van der Waals surface area contributed by atoms with Gasteiger partial charge in [0.15, 0.2) is 11.5 Å². The van der Waals surface area contributed by atoms with Crippen molar-refractivity contribution in [2.24, 2.45) is 0 Å². The van der Waals surface area contributed by atoms with Crippen molar-refractivity contribution in [3.63, 3.8) is 0 Å². The highest BCUT2D eigenvalue weighted by Gasteiger charge is 2.26. The molecule has 0 saturated carbocycles. The van der Waals surface area contributed by atoms with E-state index in [0.717, 1.165) is 36.8 Å². The minimum atomic E-state index is 0.0933. The summed E-state index contributed by atoms with van der Waals surface area (Å²) in [5, 5.41) is 12.4. The average molecular weight is 380 g/mol. The number of hydrogen-bond acceptors (Lipinski definition) is 6. The van der Waals surface area contributed by atoms with Crippen LogP contribution in [0.2, 0.25) is 0 Å². The van der Waals surface area contributed by atoms with Crippen molar-refractivity contribution in [3.8, 4) is 11.6 Å². The van der Waals surface area contributed by atoms with Gasteiger partial charge in [-0.1, -0.05) is 35.0 Å². The summed E-state index contributed by atoms with van der Waals surface area (Å²) in [5.74, 6) is 1.19. The molecule has 1 fully saturated rings. The molecule has 0 unspecified atom stereocenters. The van der Waals surface area contributed by atoms with Crippen LogP contribution in [0.4, 0.5) is 0 Å². The Morgan fingerprint density at radius 1 is 1.29 bits per heavy atom. The third kappa shape index (κ3) is 3.81.